The van der Waals surface area contributed by atoms with Crippen molar-refractivity contribution in [2.75, 3.05) is 5.32 Å². The molecule has 0 unspecified atom stereocenters. The molecule has 0 bridgehead atoms. The van der Waals surface area contributed by atoms with E-state index in [4.69, 9.17) is 11.6 Å². The number of anilines is 2. The van der Waals surface area contributed by atoms with Crippen LogP contribution in [0.25, 0.3) is 10.6 Å². The predicted octanol–water partition coefficient (Wildman–Crippen LogP) is 5.21. The van der Waals surface area contributed by atoms with Crippen molar-refractivity contribution in [1.29, 1.82) is 0 Å². The number of nitrogens with zero attached hydrogens (tertiary/aromatic N) is 1. The molecule has 2 aromatic carbocycles. The highest BCUT2D eigenvalue weighted by atomic mass is 35.5. The second-order valence-corrected chi connectivity index (χ2v) is 5.38. The highest BCUT2D eigenvalue weighted by Crippen LogP contribution is 2.25. The molecule has 1 heterocycles. The molecular formula is C15H11ClN2S. The van der Waals surface area contributed by atoms with E-state index in [1.165, 1.54) is 0 Å². The number of hydrogen-bond acceptors (Lipinski definition) is 3. The number of nitrogens with one attached hydrogen (secondary N) is 1. The molecule has 0 fully saturated rings. The van der Waals surface area contributed by atoms with Gasteiger partial charge in [-0.3, -0.25) is 0 Å². The minimum Gasteiger partial charge on any atom is -0.355 e. The lowest BCUT2D eigenvalue weighted by Gasteiger charge is -2.07. The molecule has 0 radical (unpaired) electrons. The summed E-state index contributed by atoms with van der Waals surface area (Å²) in [6.07, 6.45) is 1.82. The van der Waals surface area contributed by atoms with Gasteiger partial charge in [-0.05, 0) is 42.5 Å². The van der Waals surface area contributed by atoms with E-state index in [1.807, 2.05) is 48.0 Å². The molecule has 94 valence electrons. The number of aromatic nitrogens is 1. The van der Waals surface area contributed by atoms with Crippen LogP contribution in [0.2, 0.25) is 5.02 Å². The summed E-state index contributed by atoms with van der Waals surface area (Å²) in [6.45, 7) is 0. The van der Waals surface area contributed by atoms with Crippen LogP contribution in [0.5, 0.6) is 0 Å². The molecule has 0 aliphatic heterocycles. The van der Waals surface area contributed by atoms with E-state index in [2.05, 4.69) is 22.4 Å². The Bertz CT molecular complexity index is 663. The lowest BCUT2D eigenvalue weighted by molar-refractivity contribution is 1.41. The summed E-state index contributed by atoms with van der Waals surface area (Å²) in [6, 6.07) is 15.9. The molecule has 0 amide bonds. The van der Waals surface area contributed by atoms with Crippen LogP contribution in [0.1, 0.15) is 0 Å². The zero-order chi connectivity index (χ0) is 13.1. The maximum atomic E-state index is 5.96. The van der Waals surface area contributed by atoms with E-state index in [0.717, 1.165) is 27.0 Å². The van der Waals surface area contributed by atoms with Gasteiger partial charge < -0.3 is 5.32 Å². The molecule has 0 aliphatic carbocycles. The Morgan fingerprint density at radius 2 is 1.84 bits per heavy atom. The predicted molar refractivity (Wildman–Crippen MR) is 82.3 cm³/mol. The molecule has 3 aromatic rings. The van der Waals surface area contributed by atoms with Gasteiger partial charge in [0.05, 0.1) is 0 Å². The third kappa shape index (κ3) is 2.95. The van der Waals surface area contributed by atoms with Gasteiger partial charge in [0.15, 0.2) is 0 Å². The third-order valence-corrected chi connectivity index (χ3v) is 3.73. The Hall–Kier alpha value is -1.84. The Balaban J connectivity index is 1.80. The third-order valence-electron chi connectivity index (χ3n) is 2.68. The molecule has 0 saturated heterocycles. The van der Waals surface area contributed by atoms with Gasteiger partial charge in [0.1, 0.15) is 5.01 Å². The average molecular weight is 287 g/mol. The molecule has 1 aromatic heterocycles. The van der Waals surface area contributed by atoms with E-state index >= 15 is 0 Å². The molecule has 4 heteroatoms. The largest absolute Gasteiger partial charge is 0.355 e. The van der Waals surface area contributed by atoms with Crippen LogP contribution in [-0.2, 0) is 0 Å². The van der Waals surface area contributed by atoms with E-state index in [0.29, 0.717) is 0 Å². The first-order valence-corrected chi connectivity index (χ1v) is 7.09. The molecule has 0 saturated carbocycles. The molecule has 3 rings (SSSR count). The Kier molecular flexibility index (Phi) is 3.49. The molecule has 1 N–H and O–H groups in total. The molecular weight excluding hydrogens is 276 g/mol. The van der Waals surface area contributed by atoms with Crippen molar-refractivity contribution in [3.05, 3.63) is 65.1 Å². The van der Waals surface area contributed by atoms with Gasteiger partial charge in [-0.15, -0.1) is 11.3 Å². The van der Waals surface area contributed by atoms with Gasteiger partial charge in [0, 0.05) is 33.5 Å². The van der Waals surface area contributed by atoms with Crippen molar-refractivity contribution in [3.63, 3.8) is 0 Å². The standard InChI is InChI=1S/C15H11ClN2S/c16-12-2-1-3-14(10-12)18-13-6-4-11(5-7-13)15-17-8-9-19-15/h1-10,18H. The van der Waals surface area contributed by atoms with Crippen molar-refractivity contribution < 1.29 is 0 Å². The molecule has 0 atom stereocenters. The average Bonchev–Trinajstić information content (AvgIpc) is 2.94. The van der Waals surface area contributed by atoms with E-state index in [9.17, 15) is 0 Å². The number of halogens is 1. The second-order valence-electron chi connectivity index (χ2n) is 4.05. The fraction of sp³-hybridized carbons (Fsp3) is 0. The zero-order valence-electron chi connectivity index (χ0n) is 10.0. The zero-order valence-corrected chi connectivity index (χ0v) is 11.6. The summed E-state index contributed by atoms with van der Waals surface area (Å²) in [5, 5.41) is 7.06. The van der Waals surface area contributed by atoms with Crippen molar-refractivity contribution >= 4 is 34.3 Å². The van der Waals surface area contributed by atoms with Crippen molar-refractivity contribution in [2.45, 2.75) is 0 Å². The highest BCUT2D eigenvalue weighted by molar-refractivity contribution is 7.13. The first-order chi connectivity index (χ1) is 9.31. The summed E-state index contributed by atoms with van der Waals surface area (Å²) in [5.41, 5.74) is 3.14. The van der Waals surface area contributed by atoms with E-state index in [1.54, 1.807) is 11.3 Å². The number of thiazole rings is 1. The van der Waals surface area contributed by atoms with Gasteiger partial charge in [-0.25, -0.2) is 4.98 Å². The monoisotopic (exact) mass is 286 g/mol. The van der Waals surface area contributed by atoms with E-state index in [-0.39, 0.29) is 0 Å². The number of rotatable bonds is 3. The minimum atomic E-state index is 0.726. The van der Waals surface area contributed by atoms with Crippen LogP contribution in [0.3, 0.4) is 0 Å². The normalized spacial score (nSPS) is 10.4. The fourth-order valence-corrected chi connectivity index (χ4v) is 2.63. The first-order valence-electron chi connectivity index (χ1n) is 5.84. The maximum Gasteiger partial charge on any atom is 0.123 e. The topological polar surface area (TPSA) is 24.9 Å². The summed E-state index contributed by atoms with van der Waals surface area (Å²) in [5.74, 6) is 0. The summed E-state index contributed by atoms with van der Waals surface area (Å²) >= 11 is 7.60. The van der Waals surface area contributed by atoms with Crippen LogP contribution in [0.15, 0.2) is 60.1 Å². The first kappa shape index (κ1) is 12.2. The Morgan fingerprint density at radius 1 is 1.00 bits per heavy atom. The molecule has 19 heavy (non-hydrogen) atoms. The second kappa shape index (κ2) is 5.43. The van der Waals surface area contributed by atoms with Gasteiger partial charge in [-0.2, -0.15) is 0 Å². The Labute approximate surface area is 120 Å². The van der Waals surface area contributed by atoms with Crippen LogP contribution in [0, 0.1) is 0 Å². The minimum absolute atomic E-state index is 0.726. The van der Waals surface area contributed by atoms with Crippen molar-refractivity contribution in [3.8, 4) is 10.6 Å². The van der Waals surface area contributed by atoms with Crippen LogP contribution in [-0.4, -0.2) is 4.98 Å². The Morgan fingerprint density at radius 3 is 2.53 bits per heavy atom. The number of hydrogen-bond donors (Lipinski definition) is 1. The SMILES string of the molecule is Clc1cccc(Nc2ccc(-c3nccs3)cc2)c1. The van der Waals surface area contributed by atoms with Gasteiger partial charge >= 0.3 is 0 Å². The lowest BCUT2D eigenvalue weighted by Crippen LogP contribution is -1.89. The summed E-state index contributed by atoms with van der Waals surface area (Å²) < 4.78 is 0. The van der Waals surface area contributed by atoms with Crippen molar-refractivity contribution in [1.82, 2.24) is 4.98 Å². The van der Waals surface area contributed by atoms with Gasteiger partial charge in [0.2, 0.25) is 0 Å². The molecule has 2 nitrogen and oxygen atoms in total. The van der Waals surface area contributed by atoms with Crippen LogP contribution < -0.4 is 5.32 Å². The van der Waals surface area contributed by atoms with Gasteiger partial charge in [0.25, 0.3) is 0 Å². The number of benzene rings is 2. The lowest BCUT2D eigenvalue weighted by atomic mass is 10.2. The van der Waals surface area contributed by atoms with Gasteiger partial charge in [-0.1, -0.05) is 17.7 Å². The summed E-state index contributed by atoms with van der Waals surface area (Å²) in [4.78, 5) is 4.29. The van der Waals surface area contributed by atoms with Crippen LogP contribution in [0.4, 0.5) is 11.4 Å². The van der Waals surface area contributed by atoms with Crippen molar-refractivity contribution in [2.24, 2.45) is 0 Å². The highest BCUT2D eigenvalue weighted by Gasteiger charge is 2.00. The molecule has 0 spiro atoms. The maximum absolute atomic E-state index is 5.96. The smallest absolute Gasteiger partial charge is 0.123 e. The van der Waals surface area contributed by atoms with Crippen LogP contribution >= 0.6 is 22.9 Å². The fourth-order valence-electron chi connectivity index (χ4n) is 1.80. The summed E-state index contributed by atoms with van der Waals surface area (Å²) in [7, 11) is 0. The van der Waals surface area contributed by atoms with E-state index < -0.39 is 0 Å². The quantitative estimate of drug-likeness (QED) is 0.715. The molecule has 0 aliphatic rings.